The van der Waals surface area contributed by atoms with Crippen LogP contribution in [-0.2, 0) is 4.74 Å². The number of nitrogens with two attached hydrogens (primary N) is 1. The third-order valence-corrected chi connectivity index (χ3v) is 3.82. The zero-order chi connectivity index (χ0) is 13.4. The molecule has 2 N–H and O–H groups in total. The summed E-state index contributed by atoms with van der Waals surface area (Å²) < 4.78 is 19.9. The second-order valence-electron chi connectivity index (χ2n) is 5.15. The largest absolute Gasteiger partial charge is 0.373 e. The lowest BCUT2D eigenvalue weighted by Gasteiger charge is -2.30. The molecule has 0 aromatic heterocycles. The van der Waals surface area contributed by atoms with Crippen LogP contribution in [0.5, 0.6) is 0 Å². The summed E-state index contributed by atoms with van der Waals surface area (Å²) in [5.74, 6) is 0.0943. The van der Waals surface area contributed by atoms with Crippen LogP contribution in [0.15, 0.2) is 29.3 Å². The van der Waals surface area contributed by atoms with E-state index in [-0.39, 0.29) is 24.1 Å². The average Bonchev–Trinajstić information content (AvgIpc) is 2.96. The Hall–Kier alpha value is -1.62. The van der Waals surface area contributed by atoms with E-state index in [1.807, 2.05) is 0 Å². The van der Waals surface area contributed by atoms with Crippen molar-refractivity contribution >= 4 is 11.6 Å². The molecule has 0 radical (unpaired) electrons. The van der Waals surface area contributed by atoms with E-state index in [0.29, 0.717) is 18.2 Å². The third-order valence-electron chi connectivity index (χ3n) is 3.82. The second kappa shape index (κ2) is 4.81. The highest BCUT2D eigenvalue weighted by Gasteiger charge is 2.38. The quantitative estimate of drug-likeness (QED) is 0.886. The first-order chi connectivity index (χ1) is 9.16. The minimum atomic E-state index is -0.279. The Bertz CT molecular complexity index is 505. The van der Waals surface area contributed by atoms with E-state index in [1.165, 1.54) is 6.07 Å². The number of aliphatic imine (C=N–C) groups is 1. The van der Waals surface area contributed by atoms with Gasteiger partial charge >= 0.3 is 0 Å². The van der Waals surface area contributed by atoms with Crippen LogP contribution in [0.25, 0.3) is 0 Å². The van der Waals surface area contributed by atoms with E-state index < -0.39 is 0 Å². The van der Waals surface area contributed by atoms with Crippen LogP contribution in [0, 0.1) is 5.82 Å². The van der Waals surface area contributed by atoms with Crippen molar-refractivity contribution in [3.8, 4) is 0 Å². The molecule has 5 heteroatoms. The Morgan fingerprint density at radius 3 is 2.84 bits per heavy atom. The lowest BCUT2D eigenvalue weighted by molar-refractivity contribution is 0.0439. The highest BCUT2D eigenvalue weighted by Crippen LogP contribution is 2.31. The van der Waals surface area contributed by atoms with Crippen molar-refractivity contribution in [2.45, 2.75) is 38.0 Å². The number of guanidine groups is 1. The molecule has 0 amide bonds. The molecule has 1 aromatic rings. The van der Waals surface area contributed by atoms with E-state index in [0.717, 1.165) is 12.8 Å². The maximum atomic E-state index is 14.0. The fourth-order valence-corrected chi connectivity index (χ4v) is 2.86. The lowest BCUT2D eigenvalue weighted by Crippen LogP contribution is -2.47. The highest BCUT2D eigenvalue weighted by atomic mass is 19.1. The van der Waals surface area contributed by atoms with Crippen molar-refractivity contribution in [1.82, 2.24) is 0 Å². The Labute approximate surface area is 112 Å². The zero-order valence-corrected chi connectivity index (χ0v) is 10.9. The molecule has 3 unspecified atom stereocenters. The van der Waals surface area contributed by atoms with Crippen LogP contribution in [0.1, 0.15) is 19.8 Å². The fourth-order valence-electron chi connectivity index (χ4n) is 2.86. The summed E-state index contributed by atoms with van der Waals surface area (Å²) in [5, 5.41) is 0. The van der Waals surface area contributed by atoms with Gasteiger partial charge in [0, 0.05) is 0 Å². The van der Waals surface area contributed by atoms with E-state index in [1.54, 1.807) is 23.1 Å². The first-order valence-corrected chi connectivity index (χ1v) is 6.66. The molecule has 1 saturated heterocycles. The number of hydrogen-bond acceptors (Lipinski definition) is 4. The zero-order valence-electron chi connectivity index (χ0n) is 10.9. The number of para-hydroxylation sites is 1. The van der Waals surface area contributed by atoms with Gasteiger partial charge in [0.05, 0.1) is 30.5 Å². The third kappa shape index (κ3) is 2.18. The SMILES string of the molecule is CC1CCC(C2CN=C(N)N2c2ccccc2F)O1. The van der Waals surface area contributed by atoms with Gasteiger partial charge in [0.25, 0.3) is 0 Å². The monoisotopic (exact) mass is 263 g/mol. The van der Waals surface area contributed by atoms with Crippen molar-refractivity contribution < 1.29 is 9.13 Å². The summed E-state index contributed by atoms with van der Waals surface area (Å²) in [6.07, 6.45) is 2.33. The van der Waals surface area contributed by atoms with Gasteiger partial charge in [0.15, 0.2) is 5.96 Å². The normalized spacial score (nSPS) is 30.7. The van der Waals surface area contributed by atoms with Gasteiger partial charge < -0.3 is 15.4 Å². The van der Waals surface area contributed by atoms with Gasteiger partial charge in [-0.25, -0.2) is 4.39 Å². The number of anilines is 1. The number of hydrogen-bond donors (Lipinski definition) is 1. The molecule has 0 saturated carbocycles. The van der Waals surface area contributed by atoms with Crippen molar-refractivity contribution in [3.05, 3.63) is 30.1 Å². The Balaban J connectivity index is 1.89. The predicted octanol–water partition coefficient (Wildman–Crippen LogP) is 1.90. The van der Waals surface area contributed by atoms with Crippen molar-refractivity contribution in [2.75, 3.05) is 11.4 Å². The molecule has 3 rings (SSSR count). The average molecular weight is 263 g/mol. The van der Waals surface area contributed by atoms with Crippen LogP contribution in [0.4, 0.5) is 10.1 Å². The van der Waals surface area contributed by atoms with E-state index >= 15 is 0 Å². The summed E-state index contributed by atoms with van der Waals surface area (Å²) in [6.45, 7) is 2.63. The molecule has 0 spiro atoms. The van der Waals surface area contributed by atoms with Crippen molar-refractivity contribution in [2.24, 2.45) is 10.7 Å². The molecule has 1 aromatic carbocycles. The van der Waals surface area contributed by atoms with Gasteiger partial charge in [-0.15, -0.1) is 0 Å². The highest BCUT2D eigenvalue weighted by molar-refractivity contribution is 5.97. The van der Waals surface area contributed by atoms with Gasteiger partial charge in [-0.2, -0.15) is 0 Å². The molecule has 102 valence electrons. The number of nitrogens with zero attached hydrogens (tertiary/aromatic N) is 2. The minimum Gasteiger partial charge on any atom is -0.373 e. The van der Waals surface area contributed by atoms with Gasteiger partial charge in [-0.05, 0) is 31.9 Å². The maximum absolute atomic E-state index is 14.0. The van der Waals surface area contributed by atoms with Crippen LogP contribution < -0.4 is 10.6 Å². The van der Waals surface area contributed by atoms with Gasteiger partial charge in [-0.3, -0.25) is 4.99 Å². The van der Waals surface area contributed by atoms with E-state index in [9.17, 15) is 4.39 Å². The Morgan fingerprint density at radius 2 is 2.16 bits per heavy atom. The molecule has 2 aliphatic heterocycles. The minimum absolute atomic E-state index is 0.00171. The molecular weight excluding hydrogens is 245 g/mol. The first-order valence-electron chi connectivity index (χ1n) is 6.66. The van der Waals surface area contributed by atoms with Crippen molar-refractivity contribution in [3.63, 3.8) is 0 Å². The number of benzene rings is 1. The van der Waals surface area contributed by atoms with Crippen LogP contribution in [0.2, 0.25) is 0 Å². The molecule has 1 fully saturated rings. The summed E-state index contributed by atoms with van der Waals surface area (Å²) in [4.78, 5) is 6.04. The summed E-state index contributed by atoms with van der Waals surface area (Å²) in [6, 6.07) is 6.65. The van der Waals surface area contributed by atoms with E-state index in [2.05, 4.69) is 11.9 Å². The first kappa shape index (κ1) is 12.4. The number of halogens is 1. The number of ether oxygens (including phenoxy) is 1. The van der Waals surface area contributed by atoms with Crippen LogP contribution in [0.3, 0.4) is 0 Å². The maximum Gasteiger partial charge on any atom is 0.196 e. The smallest absolute Gasteiger partial charge is 0.196 e. The summed E-state index contributed by atoms with van der Waals surface area (Å²) in [5.41, 5.74) is 6.41. The molecule has 19 heavy (non-hydrogen) atoms. The molecule has 2 heterocycles. The standard InChI is InChI=1S/C14H18FN3O/c1-9-6-7-13(19-9)12-8-17-14(16)18(12)11-5-3-2-4-10(11)15/h2-5,9,12-13H,6-8H2,1H3,(H2,16,17). The van der Waals surface area contributed by atoms with Crippen molar-refractivity contribution in [1.29, 1.82) is 0 Å². The Morgan fingerprint density at radius 1 is 1.37 bits per heavy atom. The van der Waals surface area contributed by atoms with E-state index in [4.69, 9.17) is 10.5 Å². The van der Waals surface area contributed by atoms with Gasteiger partial charge in [0.2, 0.25) is 0 Å². The molecule has 2 aliphatic rings. The molecule has 0 bridgehead atoms. The van der Waals surface area contributed by atoms with Crippen LogP contribution in [-0.4, -0.2) is 30.8 Å². The summed E-state index contributed by atoms with van der Waals surface area (Å²) in [7, 11) is 0. The molecule has 3 atom stereocenters. The van der Waals surface area contributed by atoms with Gasteiger partial charge in [-0.1, -0.05) is 12.1 Å². The lowest BCUT2D eigenvalue weighted by atomic mass is 10.1. The predicted molar refractivity (Wildman–Crippen MR) is 72.7 cm³/mol. The number of rotatable bonds is 2. The molecule has 0 aliphatic carbocycles. The molecule has 4 nitrogen and oxygen atoms in total. The van der Waals surface area contributed by atoms with Crippen LogP contribution >= 0.6 is 0 Å². The summed E-state index contributed by atoms with van der Waals surface area (Å²) >= 11 is 0. The topological polar surface area (TPSA) is 50.8 Å². The Kier molecular flexibility index (Phi) is 3.14. The fraction of sp³-hybridized carbons (Fsp3) is 0.500. The second-order valence-corrected chi connectivity index (χ2v) is 5.15. The van der Waals surface area contributed by atoms with Gasteiger partial charge in [0.1, 0.15) is 5.82 Å². The molecular formula is C14H18FN3O.